The number of benzene rings is 1. The SMILES string of the molecule is Cc1ccc2cc(I)cc(C)c2n1. The van der Waals surface area contributed by atoms with Crippen molar-refractivity contribution in [2.24, 2.45) is 0 Å². The van der Waals surface area contributed by atoms with Gasteiger partial charge in [-0.2, -0.15) is 0 Å². The number of aromatic nitrogens is 1. The average Bonchev–Trinajstić information content (AvgIpc) is 2.06. The van der Waals surface area contributed by atoms with Gasteiger partial charge >= 0.3 is 0 Å². The van der Waals surface area contributed by atoms with Crippen molar-refractivity contribution in [1.82, 2.24) is 4.98 Å². The van der Waals surface area contributed by atoms with Gasteiger partial charge in [0.25, 0.3) is 0 Å². The molecule has 13 heavy (non-hydrogen) atoms. The van der Waals surface area contributed by atoms with Crippen LogP contribution in [0.2, 0.25) is 0 Å². The molecule has 0 fully saturated rings. The normalized spacial score (nSPS) is 10.7. The Kier molecular flexibility index (Phi) is 2.24. The lowest BCUT2D eigenvalue weighted by Gasteiger charge is -2.03. The molecule has 1 aromatic carbocycles. The highest BCUT2D eigenvalue weighted by atomic mass is 127. The van der Waals surface area contributed by atoms with Gasteiger partial charge in [-0.05, 0) is 60.2 Å². The first-order chi connectivity index (χ1) is 6.16. The molecule has 1 aromatic heterocycles. The maximum absolute atomic E-state index is 4.51. The summed E-state index contributed by atoms with van der Waals surface area (Å²) in [6.45, 7) is 4.13. The zero-order valence-corrected chi connectivity index (χ0v) is 9.79. The molecule has 0 atom stereocenters. The lowest BCUT2D eigenvalue weighted by atomic mass is 10.1. The van der Waals surface area contributed by atoms with E-state index in [2.05, 4.69) is 58.8 Å². The summed E-state index contributed by atoms with van der Waals surface area (Å²) in [7, 11) is 0. The molecule has 0 aliphatic rings. The molecular weight excluding hydrogens is 273 g/mol. The van der Waals surface area contributed by atoms with Gasteiger partial charge in [0.15, 0.2) is 0 Å². The summed E-state index contributed by atoms with van der Waals surface area (Å²) in [6, 6.07) is 8.51. The summed E-state index contributed by atoms with van der Waals surface area (Å²) >= 11 is 2.33. The van der Waals surface area contributed by atoms with Crippen molar-refractivity contribution < 1.29 is 0 Å². The molecule has 0 spiro atoms. The number of halogens is 1. The second-order valence-electron chi connectivity index (χ2n) is 3.25. The maximum atomic E-state index is 4.51. The smallest absolute Gasteiger partial charge is 0.0735 e. The number of hydrogen-bond acceptors (Lipinski definition) is 1. The highest BCUT2D eigenvalue weighted by Gasteiger charge is 2.00. The van der Waals surface area contributed by atoms with Gasteiger partial charge < -0.3 is 0 Å². The minimum absolute atomic E-state index is 1.08. The molecule has 0 N–H and O–H groups in total. The van der Waals surface area contributed by atoms with Crippen LogP contribution in [-0.4, -0.2) is 4.98 Å². The largest absolute Gasteiger partial charge is 0.253 e. The molecule has 0 unspecified atom stereocenters. The van der Waals surface area contributed by atoms with Crippen LogP contribution in [-0.2, 0) is 0 Å². The van der Waals surface area contributed by atoms with Crippen LogP contribution in [0.4, 0.5) is 0 Å². The third kappa shape index (κ3) is 1.68. The van der Waals surface area contributed by atoms with Crippen LogP contribution < -0.4 is 0 Å². The molecule has 0 saturated carbocycles. The van der Waals surface area contributed by atoms with E-state index in [1.165, 1.54) is 14.5 Å². The molecule has 0 amide bonds. The van der Waals surface area contributed by atoms with E-state index in [9.17, 15) is 0 Å². The number of pyridine rings is 1. The Balaban J connectivity index is 2.87. The van der Waals surface area contributed by atoms with Gasteiger partial charge in [0, 0.05) is 14.7 Å². The van der Waals surface area contributed by atoms with Crippen LogP contribution in [0.25, 0.3) is 10.9 Å². The molecular formula is C11H10IN. The predicted octanol–water partition coefficient (Wildman–Crippen LogP) is 3.46. The Morgan fingerprint density at radius 3 is 2.69 bits per heavy atom. The fraction of sp³-hybridized carbons (Fsp3) is 0.182. The number of aryl methyl sites for hydroxylation is 2. The third-order valence-electron chi connectivity index (χ3n) is 2.09. The van der Waals surface area contributed by atoms with Gasteiger partial charge in [-0.25, -0.2) is 0 Å². The molecule has 0 bridgehead atoms. The monoisotopic (exact) mass is 283 g/mol. The Hall–Kier alpha value is -0.640. The summed E-state index contributed by atoms with van der Waals surface area (Å²) in [4.78, 5) is 4.51. The molecule has 2 rings (SSSR count). The molecule has 2 aromatic rings. The second-order valence-corrected chi connectivity index (χ2v) is 4.49. The van der Waals surface area contributed by atoms with E-state index in [-0.39, 0.29) is 0 Å². The van der Waals surface area contributed by atoms with E-state index in [1.807, 2.05) is 6.92 Å². The molecule has 2 heteroatoms. The van der Waals surface area contributed by atoms with Crippen LogP contribution in [0.1, 0.15) is 11.3 Å². The quantitative estimate of drug-likeness (QED) is 0.675. The van der Waals surface area contributed by atoms with Gasteiger partial charge in [0.1, 0.15) is 0 Å². The number of rotatable bonds is 0. The zero-order chi connectivity index (χ0) is 9.42. The zero-order valence-electron chi connectivity index (χ0n) is 7.63. The van der Waals surface area contributed by atoms with Crippen molar-refractivity contribution >= 4 is 33.5 Å². The van der Waals surface area contributed by atoms with Gasteiger partial charge in [-0.15, -0.1) is 0 Å². The van der Waals surface area contributed by atoms with Gasteiger partial charge in [-0.3, -0.25) is 4.98 Å². The van der Waals surface area contributed by atoms with Crippen molar-refractivity contribution in [2.75, 3.05) is 0 Å². The summed E-state index contributed by atoms with van der Waals surface area (Å²) in [6.07, 6.45) is 0. The number of hydrogen-bond donors (Lipinski definition) is 0. The fourth-order valence-electron chi connectivity index (χ4n) is 1.47. The van der Waals surface area contributed by atoms with Crippen LogP contribution in [0, 0.1) is 17.4 Å². The molecule has 66 valence electrons. The standard InChI is InChI=1S/C11H10IN/c1-7-5-10(12)6-9-4-3-8(2)13-11(7)9/h3-6H,1-2H3. The van der Waals surface area contributed by atoms with E-state index in [4.69, 9.17) is 0 Å². The molecule has 1 nitrogen and oxygen atoms in total. The van der Waals surface area contributed by atoms with E-state index in [1.54, 1.807) is 0 Å². The predicted molar refractivity (Wildman–Crippen MR) is 63.9 cm³/mol. The lowest BCUT2D eigenvalue weighted by Crippen LogP contribution is -1.87. The third-order valence-corrected chi connectivity index (χ3v) is 2.71. The van der Waals surface area contributed by atoms with Crippen molar-refractivity contribution in [3.63, 3.8) is 0 Å². The summed E-state index contributed by atoms with van der Waals surface area (Å²) in [5, 5.41) is 1.23. The van der Waals surface area contributed by atoms with Crippen LogP contribution >= 0.6 is 22.6 Å². The van der Waals surface area contributed by atoms with E-state index >= 15 is 0 Å². The Morgan fingerprint density at radius 1 is 1.15 bits per heavy atom. The van der Waals surface area contributed by atoms with Gasteiger partial charge in [0.05, 0.1) is 5.52 Å². The fourth-order valence-corrected chi connectivity index (χ4v) is 2.27. The first kappa shape index (κ1) is 8.94. The number of fused-ring (bicyclic) bond motifs is 1. The molecule has 0 saturated heterocycles. The van der Waals surface area contributed by atoms with Crippen LogP contribution in [0.5, 0.6) is 0 Å². The van der Waals surface area contributed by atoms with Crippen molar-refractivity contribution in [3.8, 4) is 0 Å². The van der Waals surface area contributed by atoms with Gasteiger partial charge in [-0.1, -0.05) is 6.07 Å². The molecule has 1 heterocycles. The Labute approximate surface area is 91.3 Å². The maximum Gasteiger partial charge on any atom is 0.0735 e. The van der Waals surface area contributed by atoms with E-state index in [0.717, 1.165) is 11.2 Å². The van der Waals surface area contributed by atoms with Crippen LogP contribution in [0.3, 0.4) is 0 Å². The van der Waals surface area contributed by atoms with Gasteiger partial charge in [0.2, 0.25) is 0 Å². The first-order valence-corrected chi connectivity index (χ1v) is 5.28. The number of nitrogens with zero attached hydrogens (tertiary/aromatic N) is 1. The highest BCUT2D eigenvalue weighted by Crippen LogP contribution is 2.20. The minimum atomic E-state index is 1.08. The van der Waals surface area contributed by atoms with Crippen LogP contribution in [0.15, 0.2) is 24.3 Å². The molecule has 0 aliphatic heterocycles. The second kappa shape index (κ2) is 3.25. The first-order valence-electron chi connectivity index (χ1n) is 4.20. The van der Waals surface area contributed by atoms with Crippen molar-refractivity contribution in [2.45, 2.75) is 13.8 Å². The average molecular weight is 283 g/mol. The Morgan fingerprint density at radius 2 is 1.92 bits per heavy atom. The topological polar surface area (TPSA) is 12.9 Å². The van der Waals surface area contributed by atoms with E-state index < -0.39 is 0 Å². The van der Waals surface area contributed by atoms with Crippen molar-refractivity contribution in [3.05, 3.63) is 39.1 Å². The highest BCUT2D eigenvalue weighted by molar-refractivity contribution is 14.1. The molecule has 0 radical (unpaired) electrons. The Bertz CT molecular complexity index is 463. The summed E-state index contributed by atoms with van der Waals surface area (Å²) in [5.74, 6) is 0. The van der Waals surface area contributed by atoms with E-state index in [0.29, 0.717) is 0 Å². The minimum Gasteiger partial charge on any atom is -0.253 e. The summed E-state index contributed by atoms with van der Waals surface area (Å²) in [5.41, 5.74) is 3.46. The molecule has 0 aliphatic carbocycles. The lowest BCUT2D eigenvalue weighted by molar-refractivity contribution is 1.24. The summed E-state index contributed by atoms with van der Waals surface area (Å²) < 4.78 is 1.27. The van der Waals surface area contributed by atoms with Crippen molar-refractivity contribution in [1.29, 1.82) is 0 Å².